The van der Waals surface area contributed by atoms with Crippen LogP contribution in [0, 0.1) is 5.92 Å². The summed E-state index contributed by atoms with van der Waals surface area (Å²) in [6, 6.07) is 7.37. The molecule has 0 bridgehead atoms. The zero-order chi connectivity index (χ0) is 13.7. The summed E-state index contributed by atoms with van der Waals surface area (Å²) in [6.45, 7) is 2.20. The molecule has 1 atom stereocenters. The number of aliphatic hydroxyl groups excluding tert-OH is 1. The van der Waals surface area contributed by atoms with Crippen LogP contribution in [0.2, 0.25) is 5.02 Å². The first kappa shape index (κ1) is 14.4. The van der Waals surface area contributed by atoms with Crippen molar-refractivity contribution >= 4 is 23.4 Å². The van der Waals surface area contributed by atoms with Crippen LogP contribution in [0.1, 0.15) is 12.7 Å². The Bertz CT molecular complexity index is 533. The molecule has 0 saturated carbocycles. The number of aliphatic hydroxyl groups is 1. The molecule has 1 aromatic carbocycles. The standard InChI is InChI=1S/C13H15ClN2O2S/c1-9(6-17)7-19-8-12-15-13(18-16-12)10-4-2-3-5-11(10)14/h2-5,9,17H,6-8H2,1H3. The van der Waals surface area contributed by atoms with Crippen LogP contribution in [0.3, 0.4) is 0 Å². The molecule has 0 amide bonds. The van der Waals surface area contributed by atoms with Gasteiger partial charge in [-0.25, -0.2) is 0 Å². The van der Waals surface area contributed by atoms with E-state index in [2.05, 4.69) is 10.1 Å². The quantitative estimate of drug-likeness (QED) is 0.887. The minimum atomic E-state index is 0.199. The molecule has 2 aromatic rings. The number of halogens is 1. The fraction of sp³-hybridized carbons (Fsp3) is 0.385. The van der Waals surface area contributed by atoms with E-state index in [1.165, 1.54) is 0 Å². The number of rotatable bonds is 6. The first-order valence-corrected chi connectivity index (χ1v) is 7.50. The van der Waals surface area contributed by atoms with Gasteiger partial charge >= 0.3 is 0 Å². The van der Waals surface area contributed by atoms with Crippen LogP contribution < -0.4 is 0 Å². The van der Waals surface area contributed by atoms with Crippen LogP contribution in [0.15, 0.2) is 28.8 Å². The molecule has 6 heteroatoms. The molecule has 0 saturated heterocycles. The smallest absolute Gasteiger partial charge is 0.259 e. The second-order valence-corrected chi connectivity index (χ2v) is 5.74. The molecule has 19 heavy (non-hydrogen) atoms. The van der Waals surface area contributed by atoms with Crippen LogP contribution in [0.4, 0.5) is 0 Å². The highest BCUT2D eigenvalue weighted by Gasteiger charge is 2.11. The molecule has 0 aliphatic rings. The van der Waals surface area contributed by atoms with E-state index in [-0.39, 0.29) is 12.5 Å². The summed E-state index contributed by atoms with van der Waals surface area (Å²) in [5, 5.41) is 13.5. The minimum absolute atomic E-state index is 0.199. The molecule has 1 N–H and O–H groups in total. The monoisotopic (exact) mass is 298 g/mol. The molecule has 102 valence electrons. The molecule has 1 unspecified atom stereocenters. The number of nitrogens with zero attached hydrogens (tertiary/aromatic N) is 2. The molecular formula is C13H15ClN2O2S. The molecule has 2 rings (SSSR count). The lowest BCUT2D eigenvalue weighted by Crippen LogP contribution is -2.03. The van der Waals surface area contributed by atoms with Gasteiger partial charge in [-0.2, -0.15) is 16.7 Å². The summed E-state index contributed by atoms with van der Waals surface area (Å²) in [4.78, 5) is 4.32. The molecule has 4 nitrogen and oxygen atoms in total. The Morgan fingerprint density at radius 2 is 2.21 bits per heavy atom. The lowest BCUT2D eigenvalue weighted by atomic mass is 10.2. The number of aromatic nitrogens is 2. The third kappa shape index (κ3) is 3.96. The molecule has 1 aromatic heterocycles. The van der Waals surface area contributed by atoms with E-state index in [1.54, 1.807) is 17.8 Å². The molecule has 0 radical (unpaired) electrons. The van der Waals surface area contributed by atoms with Gasteiger partial charge in [-0.05, 0) is 23.8 Å². The van der Waals surface area contributed by atoms with Gasteiger partial charge in [-0.15, -0.1) is 0 Å². The Morgan fingerprint density at radius 1 is 1.42 bits per heavy atom. The maximum atomic E-state index is 8.94. The summed E-state index contributed by atoms with van der Waals surface area (Å²) in [5.74, 6) is 2.89. The number of hydrogen-bond acceptors (Lipinski definition) is 5. The Balaban J connectivity index is 1.98. The van der Waals surface area contributed by atoms with Crippen LogP contribution in [0.5, 0.6) is 0 Å². The number of benzene rings is 1. The predicted molar refractivity (Wildman–Crippen MR) is 77.2 cm³/mol. The minimum Gasteiger partial charge on any atom is -0.396 e. The SMILES string of the molecule is CC(CO)CSCc1noc(-c2ccccc2Cl)n1. The average molecular weight is 299 g/mol. The van der Waals surface area contributed by atoms with E-state index in [4.69, 9.17) is 21.2 Å². The van der Waals surface area contributed by atoms with E-state index in [9.17, 15) is 0 Å². The van der Waals surface area contributed by atoms with Gasteiger partial charge in [0.25, 0.3) is 5.89 Å². The van der Waals surface area contributed by atoms with Crippen LogP contribution >= 0.6 is 23.4 Å². The maximum Gasteiger partial charge on any atom is 0.259 e. The van der Waals surface area contributed by atoms with Crippen LogP contribution in [0.25, 0.3) is 11.5 Å². The molecule has 0 spiro atoms. The zero-order valence-electron chi connectivity index (χ0n) is 10.5. The lowest BCUT2D eigenvalue weighted by molar-refractivity contribution is 0.250. The Labute approximate surface area is 121 Å². The van der Waals surface area contributed by atoms with Gasteiger partial charge < -0.3 is 9.63 Å². The highest BCUT2D eigenvalue weighted by atomic mass is 35.5. The van der Waals surface area contributed by atoms with Crippen molar-refractivity contribution in [3.63, 3.8) is 0 Å². The summed E-state index contributed by atoms with van der Waals surface area (Å²) < 4.78 is 5.21. The van der Waals surface area contributed by atoms with Gasteiger partial charge in [-0.1, -0.05) is 35.8 Å². The largest absolute Gasteiger partial charge is 0.396 e. The zero-order valence-corrected chi connectivity index (χ0v) is 12.1. The van der Waals surface area contributed by atoms with Gasteiger partial charge in [0.15, 0.2) is 5.82 Å². The highest BCUT2D eigenvalue weighted by Crippen LogP contribution is 2.26. The van der Waals surface area contributed by atoms with Crippen molar-refractivity contribution in [3.05, 3.63) is 35.1 Å². The summed E-state index contributed by atoms with van der Waals surface area (Å²) in [6.07, 6.45) is 0. The summed E-state index contributed by atoms with van der Waals surface area (Å²) >= 11 is 7.75. The summed E-state index contributed by atoms with van der Waals surface area (Å²) in [7, 11) is 0. The molecular weight excluding hydrogens is 284 g/mol. The van der Waals surface area contributed by atoms with Crippen molar-refractivity contribution in [1.29, 1.82) is 0 Å². The first-order chi connectivity index (χ1) is 9.20. The normalized spacial score (nSPS) is 12.6. The topological polar surface area (TPSA) is 59.2 Å². The fourth-order valence-corrected chi connectivity index (χ4v) is 2.60. The fourth-order valence-electron chi connectivity index (χ4n) is 1.46. The van der Waals surface area contributed by atoms with Gasteiger partial charge in [0.2, 0.25) is 0 Å². The van der Waals surface area contributed by atoms with Crippen molar-refractivity contribution in [2.24, 2.45) is 5.92 Å². The Morgan fingerprint density at radius 3 is 2.95 bits per heavy atom. The Hall–Kier alpha value is -1.04. The second kappa shape index (κ2) is 6.93. The first-order valence-electron chi connectivity index (χ1n) is 5.96. The molecule has 0 aliphatic carbocycles. The highest BCUT2D eigenvalue weighted by molar-refractivity contribution is 7.98. The van der Waals surface area contributed by atoms with E-state index in [0.29, 0.717) is 22.5 Å². The molecule has 0 aliphatic heterocycles. The van der Waals surface area contributed by atoms with E-state index < -0.39 is 0 Å². The predicted octanol–water partition coefficient (Wildman–Crippen LogP) is 3.25. The average Bonchev–Trinajstić information content (AvgIpc) is 2.87. The Kier molecular flexibility index (Phi) is 5.24. The van der Waals surface area contributed by atoms with Crippen molar-refractivity contribution in [2.75, 3.05) is 12.4 Å². The van der Waals surface area contributed by atoms with Crippen LogP contribution in [-0.4, -0.2) is 27.6 Å². The third-order valence-electron chi connectivity index (χ3n) is 2.52. The number of thioether (sulfide) groups is 1. The maximum absolute atomic E-state index is 8.94. The van der Waals surface area contributed by atoms with E-state index in [0.717, 1.165) is 11.3 Å². The van der Waals surface area contributed by atoms with Gasteiger partial charge in [0, 0.05) is 6.61 Å². The van der Waals surface area contributed by atoms with E-state index in [1.807, 2.05) is 25.1 Å². The van der Waals surface area contributed by atoms with Crippen molar-refractivity contribution in [2.45, 2.75) is 12.7 Å². The number of hydrogen-bond donors (Lipinski definition) is 1. The third-order valence-corrected chi connectivity index (χ3v) is 4.11. The molecule has 1 heterocycles. The van der Waals surface area contributed by atoms with Gasteiger partial charge in [0.1, 0.15) is 0 Å². The van der Waals surface area contributed by atoms with Gasteiger partial charge in [0.05, 0.1) is 16.3 Å². The van der Waals surface area contributed by atoms with Crippen molar-refractivity contribution < 1.29 is 9.63 Å². The van der Waals surface area contributed by atoms with E-state index >= 15 is 0 Å². The molecule has 0 fully saturated rings. The van der Waals surface area contributed by atoms with Crippen molar-refractivity contribution in [1.82, 2.24) is 10.1 Å². The van der Waals surface area contributed by atoms with Gasteiger partial charge in [-0.3, -0.25) is 0 Å². The van der Waals surface area contributed by atoms with Crippen LogP contribution in [-0.2, 0) is 5.75 Å². The second-order valence-electron chi connectivity index (χ2n) is 4.30. The summed E-state index contributed by atoms with van der Waals surface area (Å²) in [5.41, 5.74) is 0.747. The lowest BCUT2D eigenvalue weighted by Gasteiger charge is -2.04. The van der Waals surface area contributed by atoms with Crippen molar-refractivity contribution in [3.8, 4) is 11.5 Å².